The number of nitrogens with one attached hydrogen (secondary N) is 1. The molecule has 124 valence electrons. The fourth-order valence-corrected chi connectivity index (χ4v) is 4.64. The van der Waals surface area contributed by atoms with Gasteiger partial charge in [-0.25, -0.2) is 0 Å². The molecule has 1 aromatic carbocycles. The number of amides is 1. The van der Waals surface area contributed by atoms with Crippen molar-refractivity contribution in [3.8, 4) is 0 Å². The normalized spacial score (nSPS) is 28.2. The first-order chi connectivity index (χ1) is 11.3. The fourth-order valence-electron chi connectivity index (χ4n) is 4.40. The number of carbonyl (C=O) groups excluding carboxylic acids is 1. The van der Waals surface area contributed by atoms with E-state index >= 15 is 0 Å². The van der Waals surface area contributed by atoms with Crippen molar-refractivity contribution in [1.29, 1.82) is 0 Å². The summed E-state index contributed by atoms with van der Waals surface area (Å²) < 4.78 is 0. The van der Waals surface area contributed by atoms with Crippen molar-refractivity contribution in [2.24, 2.45) is 5.92 Å². The minimum absolute atomic E-state index is 0.103. The molecule has 1 N–H and O–H groups in total. The molecule has 0 radical (unpaired) electrons. The molecule has 3 atom stereocenters. The molecule has 1 heterocycles. The van der Waals surface area contributed by atoms with Crippen LogP contribution in [0.25, 0.3) is 0 Å². The summed E-state index contributed by atoms with van der Waals surface area (Å²) in [6.07, 6.45) is 5.93. The molecule has 0 aromatic heterocycles. The Morgan fingerprint density at radius 2 is 1.96 bits per heavy atom. The van der Waals surface area contributed by atoms with E-state index in [1.165, 1.54) is 24.8 Å². The summed E-state index contributed by atoms with van der Waals surface area (Å²) in [4.78, 5) is 14.9. The summed E-state index contributed by atoms with van der Waals surface area (Å²) >= 11 is 4.18. The second kappa shape index (κ2) is 7.43. The van der Waals surface area contributed by atoms with E-state index in [9.17, 15) is 4.79 Å². The topological polar surface area (TPSA) is 32.3 Å². The van der Waals surface area contributed by atoms with Gasteiger partial charge in [-0.3, -0.25) is 4.79 Å². The molecule has 2 aliphatic rings. The van der Waals surface area contributed by atoms with E-state index in [2.05, 4.69) is 53.2 Å². The van der Waals surface area contributed by atoms with Crippen LogP contribution >= 0.6 is 12.6 Å². The third kappa shape index (κ3) is 3.27. The third-order valence-electron chi connectivity index (χ3n) is 5.50. The Morgan fingerprint density at radius 1 is 1.22 bits per heavy atom. The highest BCUT2D eigenvalue weighted by atomic mass is 32.1. The molecule has 4 heteroatoms. The first-order valence-corrected chi connectivity index (χ1v) is 9.16. The van der Waals surface area contributed by atoms with Crippen LogP contribution in [0.3, 0.4) is 0 Å². The van der Waals surface area contributed by atoms with Crippen LogP contribution < -0.4 is 5.32 Å². The number of thiol groups is 1. The van der Waals surface area contributed by atoms with E-state index in [1.54, 1.807) is 12.5 Å². The number of rotatable bonds is 3. The molecule has 1 saturated carbocycles. The van der Waals surface area contributed by atoms with Gasteiger partial charge >= 0.3 is 0 Å². The summed E-state index contributed by atoms with van der Waals surface area (Å²) in [6, 6.07) is 11.2. The van der Waals surface area contributed by atoms with Crippen LogP contribution in [0.5, 0.6) is 0 Å². The van der Waals surface area contributed by atoms with Crippen molar-refractivity contribution in [2.75, 3.05) is 13.6 Å². The van der Waals surface area contributed by atoms with Crippen molar-refractivity contribution in [3.05, 3.63) is 47.0 Å². The Bertz CT molecular complexity index is 572. The van der Waals surface area contributed by atoms with Gasteiger partial charge in [-0.2, -0.15) is 0 Å². The van der Waals surface area contributed by atoms with Crippen molar-refractivity contribution in [2.45, 2.75) is 44.1 Å². The Labute approximate surface area is 144 Å². The number of piperidine rings is 1. The first-order valence-electron chi connectivity index (χ1n) is 8.64. The molecule has 2 fully saturated rings. The lowest BCUT2D eigenvalue weighted by Crippen LogP contribution is -2.53. The van der Waals surface area contributed by atoms with Gasteiger partial charge in [-0.15, -0.1) is 12.6 Å². The van der Waals surface area contributed by atoms with Gasteiger partial charge in [0.05, 0.1) is 0 Å². The predicted octanol–water partition coefficient (Wildman–Crippen LogP) is 3.55. The molecule has 23 heavy (non-hydrogen) atoms. The van der Waals surface area contributed by atoms with E-state index < -0.39 is 0 Å². The van der Waals surface area contributed by atoms with Gasteiger partial charge in [0.1, 0.15) is 5.70 Å². The Kier molecular flexibility index (Phi) is 5.31. The summed E-state index contributed by atoms with van der Waals surface area (Å²) in [7, 11) is 1.79. The number of benzene rings is 1. The lowest BCUT2D eigenvalue weighted by atomic mass is 9.69. The summed E-state index contributed by atoms with van der Waals surface area (Å²) in [5, 5.41) is 4.57. The standard InChI is InChI=1S/C19H26N2OS/c1-20-17(13-23)19(22)21-12-11-15(14-7-3-2-4-8-14)16-9-5-6-10-18(16)21/h2-4,7-8,13,15-16,18,20,23H,5-6,9-12H2,1H3/b17-13-/t15-,16-,18-/m1/s1. The second-order valence-electron chi connectivity index (χ2n) is 6.61. The zero-order chi connectivity index (χ0) is 16.2. The maximum absolute atomic E-state index is 12.8. The average Bonchev–Trinajstić information content (AvgIpc) is 2.62. The highest BCUT2D eigenvalue weighted by Crippen LogP contribution is 2.44. The summed E-state index contributed by atoms with van der Waals surface area (Å²) in [6.45, 7) is 0.840. The van der Waals surface area contributed by atoms with Crippen LogP contribution in [0, 0.1) is 5.92 Å². The molecule has 0 bridgehead atoms. The molecular weight excluding hydrogens is 304 g/mol. The van der Waals surface area contributed by atoms with Gasteiger partial charge in [-0.1, -0.05) is 43.2 Å². The Morgan fingerprint density at radius 3 is 2.65 bits per heavy atom. The minimum Gasteiger partial charge on any atom is -0.383 e. The maximum atomic E-state index is 12.8. The van der Waals surface area contributed by atoms with Crippen LogP contribution in [0.15, 0.2) is 41.4 Å². The number of carbonyl (C=O) groups is 1. The van der Waals surface area contributed by atoms with E-state index in [0.717, 1.165) is 19.4 Å². The van der Waals surface area contributed by atoms with Crippen molar-refractivity contribution in [3.63, 3.8) is 0 Å². The monoisotopic (exact) mass is 330 g/mol. The molecule has 3 nitrogen and oxygen atoms in total. The summed E-state index contributed by atoms with van der Waals surface area (Å²) in [5.74, 6) is 1.27. The lowest BCUT2D eigenvalue weighted by molar-refractivity contribution is -0.134. The quantitative estimate of drug-likeness (QED) is 0.656. The maximum Gasteiger partial charge on any atom is 0.270 e. The Balaban J connectivity index is 1.84. The highest BCUT2D eigenvalue weighted by molar-refractivity contribution is 7.83. The van der Waals surface area contributed by atoms with Gasteiger partial charge in [-0.05, 0) is 42.1 Å². The minimum atomic E-state index is 0.103. The van der Waals surface area contributed by atoms with Gasteiger partial charge in [0.2, 0.25) is 0 Å². The second-order valence-corrected chi connectivity index (χ2v) is 6.87. The molecule has 0 spiro atoms. The predicted molar refractivity (Wildman–Crippen MR) is 97.4 cm³/mol. The zero-order valence-corrected chi connectivity index (χ0v) is 14.6. The number of likely N-dealkylation sites (N-methyl/N-ethyl adjacent to an activating group) is 1. The molecular formula is C19H26N2OS. The molecule has 1 aliphatic heterocycles. The van der Waals surface area contributed by atoms with E-state index in [-0.39, 0.29) is 5.91 Å². The molecule has 0 unspecified atom stereocenters. The van der Waals surface area contributed by atoms with Crippen LogP contribution in [0.4, 0.5) is 0 Å². The number of fused-ring (bicyclic) bond motifs is 1. The average molecular weight is 330 g/mol. The summed E-state index contributed by atoms with van der Waals surface area (Å²) in [5.41, 5.74) is 2.03. The van der Waals surface area contributed by atoms with Crippen LogP contribution in [0.2, 0.25) is 0 Å². The highest BCUT2D eigenvalue weighted by Gasteiger charge is 2.42. The number of hydrogen-bond acceptors (Lipinski definition) is 3. The van der Waals surface area contributed by atoms with Gasteiger partial charge in [0, 0.05) is 19.6 Å². The van der Waals surface area contributed by atoms with Crippen molar-refractivity contribution >= 4 is 18.5 Å². The molecule has 1 amide bonds. The first kappa shape index (κ1) is 16.4. The molecule has 1 saturated heterocycles. The number of hydrogen-bond donors (Lipinski definition) is 2. The van der Waals surface area contributed by atoms with Gasteiger partial charge < -0.3 is 10.2 Å². The van der Waals surface area contributed by atoms with E-state index in [0.29, 0.717) is 23.6 Å². The van der Waals surface area contributed by atoms with Crippen LogP contribution in [-0.2, 0) is 4.79 Å². The van der Waals surface area contributed by atoms with Gasteiger partial charge in [0.25, 0.3) is 5.91 Å². The van der Waals surface area contributed by atoms with Crippen LogP contribution in [0.1, 0.15) is 43.6 Å². The van der Waals surface area contributed by atoms with E-state index in [1.807, 2.05) is 0 Å². The van der Waals surface area contributed by atoms with Crippen molar-refractivity contribution in [1.82, 2.24) is 10.2 Å². The molecule has 1 aliphatic carbocycles. The van der Waals surface area contributed by atoms with Crippen molar-refractivity contribution < 1.29 is 4.79 Å². The SMILES string of the molecule is CN/C(=C\S)C(=O)N1CC[C@H](c2ccccc2)[C@H]2CCCC[C@H]21. The number of likely N-dealkylation sites (tertiary alicyclic amines) is 1. The van der Waals surface area contributed by atoms with E-state index in [4.69, 9.17) is 0 Å². The Hall–Kier alpha value is -1.42. The van der Waals surface area contributed by atoms with Crippen LogP contribution in [-0.4, -0.2) is 30.4 Å². The smallest absolute Gasteiger partial charge is 0.270 e. The van der Waals surface area contributed by atoms with Gasteiger partial charge in [0.15, 0.2) is 0 Å². The number of nitrogens with zero attached hydrogens (tertiary/aromatic N) is 1. The lowest BCUT2D eigenvalue weighted by Gasteiger charge is -2.48. The molecule has 3 rings (SSSR count). The fraction of sp³-hybridized carbons (Fsp3) is 0.526. The largest absolute Gasteiger partial charge is 0.383 e. The third-order valence-corrected chi connectivity index (χ3v) is 5.76. The molecule has 1 aromatic rings. The zero-order valence-electron chi connectivity index (χ0n) is 13.7.